The molecule has 0 radical (unpaired) electrons. The molecule has 25 heavy (non-hydrogen) atoms. The molecule has 1 atom stereocenters. The maximum absolute atomic E-state index is 12.5. The zero-order chi connectivity index (χ0) is 18.0. The summed E-state index contributed by atoms with van der Waals surface area (Å²) in [6.07, 6.45) is 0. The Morgan fingerprint density at radius 1 is 1.32 bits per heavy atom. The number of methoxy groups -OCH3 is 1. The Bertz CT molecular complexity index is 838. The van der Waals surface area contributed by atoms with Gasteiger partial charge in [0.25, 0.3) is 11.8 Å². The van der Waals surface area contributed by atoms with Gasteiger partial charge in [-0.25, -0.2) is 0 Å². The highest BCUT2D eigenvalue weighted by Crippen LogP contribution is 2.30. The van der Waals surface area contributed by atoms with Crippen LogP contribution in [0.25, 0.3) is 0 Å². The highest BCUT2D eigenvalue weighted by atomic mass is 79.9. The van der Waals surface area contributed by atoms with E-state index in [9.17, 15) is 9.59 Å². The van der Waals surface area contributed by atoms with Gasteiger partial charge in [0.05, 0.1) is 23.3 Å². The van der Waals surface area contributed by atoms with Crippen molar-refractivity contribution in [2.24, 2.45) is 0 Å². The summed E-state index contributed by atoms with van der Waals surface area (Å²) < 4.78 is 11.4. The SMILES string of the molecule is COc1ccc(C(C)NC(=O)c2ccc3c(c2)OCC(=O)N3)cc1Br. The van der Waals surface area contributed by atoms with Crippen molar-refractivity contribution in [3.63, 3.8) is 0 Å². The van der Waals surface area contributed by atoms with Gasteiger partial charge in [0.2, 0.25) is 0 Å². The molecule has 2 aromatic rings. The first-order chi connectivity index (χ1) is 12.0. The van der Waals surface area contributed by atoms with Crippen LogP contribution in [0, 0.1) is 0 Å². The number of benzene rings is 2. The van der Waals surface area contributed by atoms with Crippen LogP contribution >= 0.6 is 15.9 Å². The van der Waals surface area contributed by atoms with E-state index in [4.69, 9.17) is 9.47 Å². The number of nitrogens with one attached hydrogen (secondary N) is 2. The van der Waals surface area contributed by atoms with E-state index in [0.717, 1.165) is 15.8 Å². The molecule has 0 fully saturated rings. The molecule has 0 saturated heterocycles. The summed E-state index contributed by atoms with van der Waals surface area (Å²) in [6, 6.07) is 10.4. The Hall–Kier alpha value is -2.54. The van der Waals surface area contributed by atoms with Crippen LogP contribution in [0.4, 0.5) is 5.69 Å². The lowest BCUT2D eigenvalue weighted by Gasteiger charge is -2.19. The summed E-state index contributed by atoms with van der Waals surface area (Å²) in [5.74, 6) is 0.800. The second-order valence-electron chi connectivity index (χ2n) is 5.64. The average Bonchev–Trinajstić information content (AvgIpc) is 2.61. The highest BCUT2D eigenvalue weighted by Gasteiger charge is 2.19. The van der Waals surface area contributed by atoms with Gasteiger partial charge in [-0.05, 0) is 58.7 Å². The lowest BCUT2D eigenvalue weighted by atomic mass is 10.1. The fourth-order valence-electron chi connectivity index (χ4n) is 2.53. The van der Waals surface area contributed by atoms with Crippen LogP contribution < -0.4 is 20.1 Å². The summed E-state index contributed by atoms with van der Waals surface area (Å²) >= 11 is 3.44. The molecule has 1 aliphatic heterocycles. The maximum Gasteiger partial charge on any atom is 0.262 e. The largest absolute Gasteiger partial charge is 0.496 e. The fraction of sp³-hybridized carbons (Fsp3) is 0.222. The van der Waals surface area contributed by atoms with Crippen molar-refractivity contribution in [1.82, 2.24) is 5.32 Å². The van der Waals surface area contributed by atoms with Gasteiger partial charge >= 0.3 is 0 Å². The first-order valence-electron chi connectivity index (χ1n) is 7.69. The zero-order valence-corrected chi connectivity index (χ0v) is 15.3. The first kappa shape index (κ1) is 17.3. The Morgan fingerprint density at radius 2 is 2.12 bits per heavy atom. The summed E-state index contributed by atoms with van der Waals surface area (Å²) in [5.41, 5.74) is 1.98. The Labute approximate surface area is 153 Å². The molecule has 7 heteroatoms. The molecule has 1 aliphatic rings. The van der Waals surface area contributed by atoms with E-state index in [-0.39, 0.29) is 24.5 Å². The van der Waals surface area contributed by atoms with Gasteiger partial charge in [-0.1, -0.05) is 6.07 Å². The number of anilines is 1. The number of halogens is 1. The molecule has 130 valence electrons. The minimum atomic E-state index is -0.220. The number of rotatable bonds is 4. The molecule has 6 nitrogen and oxygen atoms in total. The van der Waals surface area contributed by atoms with Crippen LogP contribution in [-0.2, 0) is 4.79 Å². The van der Waals surface area contributed by atoms with E-state index < -0.39 is 0 Å². The molecule has 0 aromatic heterocycles. The summed E-state index contributed by atoms with van der Waals surface area (Å²) in [6.45, 7) is 1.86. The van der Waals surface area contributed by atoms with Gasteiger partial charge in [0.1, 0.15) is 11.5 Å². The minimum Gasteiger partial charge on any atom is -0.496 e. The van der Waals surface area contributed by atoms with Gasteiger partial charge in [-0.3, -0.25) is 9.59 Å². The molecular weight excluding hydrogens is 388 g/mol. The molecule has 2 aromatic carbocycles. The van der Waals surface area contributed by atoms with Gasteiger partial charge in [-0.15, -0.1) is 0 Å². The van der Waals surface area contributed by atoms with Gasteiger partial charge < -0.3 is 20.1 Å². The third-order valence-electron chi connectivity index (χ3n) is 3.90. The maximum atomic E-state index is 12.5. The van der Waals surface area contributed by atoms with Crippen molar-refractivity contribution < 1.29 is 19.1 Å². The molecule has 2 amide bonds. The van der Waals surface area contributed by atoms with Crippen LogP contribution in [0.3, 0.4) is 0 Å². The van der Waals surface area contributed by atoms with Gasteiger partial charge in [0, 0.05) is 5.56 Å². The van der Waals surface area contributed by atoms with Crippen molar-refractivity contribution >= 4 is 33.4 Å². The second-order valence-corrected chi connectivity index (χ2v) is 6.49. The number of carbonyl (C=O) groups excluding carboxylic acids is 2. The predicted octanol–water partition coefficient (Wildman–Crippen LogP) is 3.28. The van der Waals surface area contributed by atoms with E-state index in [1.165, 1.54) is 0 Å². The van der Waals surface area contributed by atoms with Crippen LogP contribution in [0.15, 0.2) is 40.9 Å². The van der Waals surface area contributed by atoms with Crippen molar-refractivity contribution in [1.29, 1.82) is 0 Å². The molecule has 1 unspecified atom stereocenters. The van der Waals surface area contributed by atoms with Crippen molar-refractivity contribution in [2.75, 3.05) is 19.0 Å². The Kier molecular flexibility index (Phi) is 4.94. The highest BCUT2D eigenvalue weighted by molar-refractivity contribution is 9.10. The lowest BCUT2D eigenvalue weighted by molar-refractivity contribution is -0.118. The van der Waals surface area contributed by atoms with E-state index in [1.807, 2.05) is 25.1 Å². The summed E-state index contributed by atoms with van der Waals surface area (Å²) in [4.78, 5) is 23.8. The standard InChI is InChI=1S/C18H17BrN2O4/c1-10(11-4-6-15(24-2)13(19)7-11)20-18(23)12-3-5-14-16(8-12)25-9-17(22)21-14/h3-8,10H,9H2,1-2H3,(H,20,23)(H,21,22). The number of amides is 2. The summed E-state index contributed by atoms with van der Waals surface area (Å²) in [7, 11) is 1.60. The van der Waals surface area contributed by atoms with Crippen LogP contribution in [0.5, 0.6) is 11.5 Å². The third-order valence-corrected chi connectivity index (χ3v) is 4.52. The van der Waals surface area contributed by atoms with E-state index in [1.54, 1.807) is 25.3 Å². The fourth-order valence-corrected chi connectivity index (χ4v) is 3.09. The molecule has 1 heterocycles. The van der Waals surface area contributed by atoms with Gasteiger partial charge in [-0.2, -0.15) is 0 Å². The number of carbonyl (C=O) groups is 2. The molecule has 0 bridgehead atoms. The predicted molar refractivity (Wildman–Crippen MR) is 97.1 cm³/mol. The average molecular weight is 405 g/mol. The van der Waals surface area contributed by atoms with Crippen LogP contribution in [0.1, 0.15) is 28.9 Å². The minimum absolute atomic E-state index is 0.0473. The van der Waals surface area contributed by atoms with Crippen molar-refractivity contribution in [2.45, 2.75) is 13.0 Å². The van der Waals surface area contributed by atoms with E-state index >= 15 is 0 Å². The van der Waals surface area contributed by atoms with Crippen molar-refractivity contribution in [3.8, 4) is 11.5 Å². The number of fused-ring (bicyclic) bond motifs is 1. The zero-order valence-electron chi connectivity index (χ0n) is 13.8. The van der Waals surface area contributed by atoms with Crippen molar-refractivity contribution in [3.05, 3.63) is 52.0 Å². The molecule has 3 rings (SSSR count). The molecular formula is C18H17BrN2O4. The first-order valence-corrected chi connectivity index (χ1v) is 8.48. The second kappa shape index (κ2) is 7.14. The Morgan fingerprint density at radius 3 is 2.84 bits per heavy atom. The normalized spacial score (nSPS) is 14.0. The third kappa shape index (κ3) is 3.76. The van der Waals surface area contributed by atoms with Gasteiger partial charge in [0.15, 0.2) is 6.61 Å². The molecule has 0 spiro atoms. The number of ether oxygens (including phenoxy) is 2. The number of hydrogen-bond donors (Lipinski definition) is 2. The van der Waals surface area contributed by atoms with E-state index in [2.05, 4.69) is 26.6 Å². The Balaban J connectivity index is 1.73. The van der Waals surface area contributed by atoms with Crippen LogP contribution in [0.2, 0.25) is 0 Å². The van der Waals surface area contributed by atoms with E-state index in [0.29, 0.717) is 17.0 Å². The molecule has 0 aliphatic carbocycles. The summed E-state index contributed by atoms with van der Waals surface area (Å²) in [5, 5.41) is 5.65. The monoisotopic (exact) mass is 404 g/mol. The van der Waals surface area contributed by atoms with Crippen LogP contribution in [-0.4, -0.2) is 25.5 Å². The smallest absolute Gasteiger partial charge is 0.262 e. The topological polar surface area (TPSA) is 76.7 Å². The molecule has 0 saturated carbocycles. The quantitative estimate of drug-likeness (QED) is 0.819. The number of hydrogen-bond acceptors (Lipinski definition) is 4. The molecule has 2 N–H and O–H groups in total. The lowest BCUT2D eigenvalue weighted by Crippen LogP contribution is -2.28.